The molecule has 2 rings (SSSR count). The van der Waals surface area contributed by atoms with Crippen LogP contribution in [0.2, 0.25) is 0 Å². The molecule has 0 radical (unpaired) electrons. The van der Waals surface area contributed by atoms with Gasteiger partial charge in [0.25, 0.3) is 10.0 Å². The molecule has 0 saturated heterocycles. The molecule has 7 heteroatoms. The van der Waals surface area contributed by atoms with E-state index in [1.165, 1.54) is 20.2 Å². The molecule has 0 N–H and O–H groups in total. The summed E-state index contributed by atoms with van der Waals surface area (Å²) in [5, 5.41) is 8.89. The van der Waals surface area contributed by atoms with Gasteiger partial charge in [0.05, 0.1) is 29.3 Å². The lowest BCUT2D eigenvalue weighted by Crippen LogP contribution is -2.26. The molecule has 0 aliphatic heterocycles. The van der Waals surface area contributed by atoms with Crippen molar-refractivity contribution in [2.45, 2.75) is 4.90 Å². The quantitative estimate of drug-likeness (QED) is 0.868. The van der Waals surface area contributed by atoms with Crippen molar-refractivity contribution in [3.05, 3.63) is 53.8 Å². The zero-order valence-corrected chi connectivity index (χ0v) is 12.8. The Balaban J connectivity index is 2.47. The second-order valence-electron chi connectivity index (χ2n) is 4.43. The Morgan fingerprint density at radius 1 is 1.23 bits per heavy atom. The summed E-state index contributed by atoms with van der Waals surface area (Å²) in [6.07, 6.45) is 0. The summed E-state index contributed by atoms with van der Waals surface area (Å²) in [5.74, 6) is -0.796. The van der Waals surface area contributed by atoms with Crippen LogP contribution in [0, 0.1) is 17.1 Å². The Morgan fingerprint density at radius 3 is 2.59 bits per heavy atom. The molecule has 0 fully saturated rings. The van der Waals surface area contributed by atoms with E-state index in [1.807, 2.05) is 6.07 Å². The number of halogens is 1. The zero-order chi connectivity index (χ0) is 16.3. The van der Waals surface area contributed by atoms with Gasteiger partial charge in [0.15, 0.2) is 11.6 Å². The number of anilines is 1. The molecule has 114 valence electrons. The number of nitriles is 1. The van der Waals surface area contributed by atoms with E-state index in [-0.39, 0.29) is 10.6 Å². The van der Waals surface area contributed by atoms with Crippen molar-refractivity contribution in [3.8, 4) is 11.8 Å². The number of rotatable bonds is 4. The average Bonchev–Trinajstić information content (AvgIpc) is 2.54. The summed E-state index contributed by atoms with van der Waals surface area (Å²) < 4.78 is 44.4. The van der Waals surface area contributed by atoms with Gasteiger partial charge in [-0.25, -0.2) is 12.8 Å². The van der Waals surface area contributed by atoms with E-state index in [1.54, 1.807) is 18.2 Å². The number of ether oxygens (including phenoxy) is 1. The van der Waals surface area contributed by atoms with Crippen molar-refractivity contribution in [2.75, 3.05) is 18.5 Å². The van der Waals surface area contributed by atoms with Crippen LogP contribution in [0.5, 0.6) is 5.75 Å². The van der Waals surface area contributed by atoms with E-state index in [0.717, 1.165) is 22.5 Å². The van der Waals surface area contributed by atoms with Crippen molar-refractivity contribution < 1.29 is 17.5 Å². The molecule has 0 bridgehead atoms. The largest absolute Gasteiger partial charge is 0.494 e. The molecule has 0 aromatic heterocycles. The lowest BCUT2D eigenvalue weighted by Gasteiger charge is -2.20. The zero-order valence-electron chi connectivity index (χ0n) is 11.9. The van der Waals surface area contributed by atoms with Crippen LogP contribution >= 0.6 is 0 Å². The first-order valence-corrected chi connectivity index (χ1v) is 7.67. The van der Waals surface area contributed by atoms with Gasteiger partial charge in [-0.15, -0.1) is 0 Å². The van der Waals surface area contributed by atoms with Gasteiger partial charge in [0.2, 0.25) is 0 Å². The van der Waals surface area contributed by atoms with Crippen LogP contribution in [-0.4, -0.2) is 22.6 Å². The molecule has 0 aliphatic carbocycles. The van der Waals surface area contributed by atoms with Crippen molar-refractivity contribution in [1.29, 1.82) is 5.26 Å². The van der Waals surface area contributed by atoms with Crippen LogP contribution in [0.1, 0.15) is 5.56 Å². The number of benzene rings is 2. The van der Waals surface area contributed by atoms with Crippen molar-refractivity contribution in [3.63, 3.8) is 0 Å². The molecule has 0 aliphatic rings. The number of hydrogen-bond acceptors (Lipinski definition) is 4. The second-order valence-corrected chi connectivity index (χ2v) is 6.40. The minimum absolute atomic E-state index is 0.101. The minimum Gasteiger partial charge on any atom is -0.494 e. The molecule has 0 spiro atoms. The lowest BCUT2D eigenvalue weighted by molar-refractivity contribution is 0.385. The average molecular weight is 320 g/mol. The monoisotopic (exact) mass is 320 g/mol. The molecule has 0 heterocycles. The highest BCUT2D eigenvalue weighted by atomic mass is 32.2. The highest BCUT2D eigenvalue weighted by molar-refractivity contribution is 7.92. The van der Waals surface area contributed by atoms with Gasteiger partial charge >= 0.3 is 0 Å². The van der Waals surface area contributed by atoms with E-state index in [9.17, 15) is 12.8 Å². The number of nitrogens with zero attached hydrogens (tertiary/aromatic N) is 2. The molecule has 2 aromatic rings. The lowest BCUT2D eigenvalue weighted by atomic mass is 10.2. The third kappa shape index (κ3) is 2.87. The molecule has 22 heavy (non-hydrogen) atoms. The van der Waals surface area contributed by atoms with Gasteiger partial charge in [-0.2, -0.15) is 5.26 Å². The van der Waals surface area contributed by atoms with Crippen LogP contribution < -0.4 is 9.04 Å². The summed E-state index contributed by atoms with van der Waals surface area (Å²) in [7, 11) is -1.27. The van der Waals surface area contributed by atoms with Crippen molar-refractivity contribution in [2.24, 2.45) is 0 Å². The van der Waals surface area contributed by atoms with Crippen LogP contribution in [0.3, 0.4) is 0 Å². The van der Waals surface area contributed by atoms with Gasteiger partial charge in [-0.1, -0.05) is 6.07 Å². The Morgan fingerprint density at radius 2 is 1.95 bits per heavy atom. The first-order valence-electron chi connectivity index (χ1n) is 6.23. The van der Waals surface area contributed by atoms with E-state index in [0.29, 0.717) is 11.3 Å². The maximum Gasteiger partial charge on any atom is 0.264 e. The SMILES string of the molecule is COc1cc(S(=O)(=O)N(C)c2cccc(C#N)c2)ccc1F. The third-order valence-corrected chi connectivity index (χ3v) is 4.90. The van der Waals surface area contributed by atoms with Crippen LogP contribution in [0.4, 0.5) is 10.1 Å². The van der Waals surface area contributed by atoms with Crippen LogP contribution in [0.15, 0.2) is 47.4 Å². The molecule has 0 unspecified atom stereocenters. The maximum atomic E-state index is 13.4. The molecule has 0 saturated carbocycles. The summed E-state index contributed by atoms with van der Waals surface area (Å²) in [4.78, 5) is -0.101. The fourth-order valence-corrected chi connectivity index (χ4v) is 3.07. The molecule has 2 aromatic carbocycles. The van der Waals surface area contributed by atoms with Gasteiger partial charge in [-0.05, 0) is 30.3 Å². The Labute approximate surface area is 128 Å². The minimum atomic E-state index is -3.89. The maximum absolute atomic E-state index is 13.4. The number of methoxy groups -OCH3 is 1. The Bertz CT molecular complexity index is 844. The summed E-state index contributed by atoms with van der Waals surface area (Å²) in [6.45, 7) is 0. The normalized spacial score (nSPS) is 10.8. The second kappa shape index (κ2) is 6.03. The van der Waals surface area contributed by atoms with Crippen LogP contribution in [-0.2, 0) is 10.0 Å². The predicted molar refractivity (Wildman–Crippen MR) is 79.7 cm³/mol. The predicted octanol–water partition coefficient (Wildman–Crippen LogP) is 2.53. The smallest absolute Gasteiger partial charge is 0.264 e. The van der Waals surface area contributed by atoms with Gasteiger partial charge in [-0.3, -0.25) is 4.31 Å². The highest BCUT2D eigenvalue weighted by Gasteiger charge is 2.23. The summed E-state index contributed by atoms with van der Waals surface area (Å²) >= 11 is 0. The molecular formula is C15H13FN2O3S. The number of sulfonamides is 1. The van der Waals surface area contributed by atoms with Gasteiger partial charge in [0, 0.05) is 13.1 Å². The Hall–Kier alpha value is -2.59. The van der Waals surface area contributed by atoms with Crippen molar-refractivity contribution >= 4 is 15.7 Å². The summed E-state index contributed by atoms with van der Waals surface area (Å²) in [5.41, 5.74) is 0.679. The van der Waals surface area contributed by atoms with E-state index in [2.05, 4.69) is 0 Å². The first kappa shape index (κ1) is 15.8. The van der Waals surface area contributed by atoms with E-state index >= 15 is 0 Å². The topological polar surface area (TPSA) is 70.4 Å². The van der Waals surface area contributed by atoms with E-state index < -0.39 is 15.8 Å². The molecular weight excluding hydrogens is 307 g/mol. The Kier molecular flexibility index (Phi) is 4.33. The fraction of sp³-hybridized carbons (Fsp3) is 0.133. The van der Waals surface area contributed by atoms with Crippen molar-refractivity contribution in [1.82, 2.24) is 0 Å². The van der Waals surface area contributed by atoms with Gasteiger partial charge in [0.1, 0.15) is 0 Å². The van der Waals surface area contributed by atoms with E-state index in [4.69, 9.17) is 10.00 Å². The molecule has 5 nitrogen and oxygen atoms in total. The first-order chi connectivity index (χ1) is 10.4. The number of hydrogen-bond donors (Lipinski definition) is 0. The molecule has 0 amide bonds. The van der Waals surface area contributed by atoms with Gasteiger partial charge < -0.3 is 4.74 Å². The molecule has 0 atom stereocenters. The third-order valence-electron chi connectivity index (χ3n) is 3.12. The summed E-state index contributed by atoms with van der Waals surface area (Å²) in [6, 6.07) is 11.5. The highest BCUT2D eigenvalue weighted by Crippen LogP contribution is 2.26. The fourth-order valence-electron chi connectivity index (χ4n) is 1.87. The van der Waals surface area contributed by atoms with Crippen LogP contribution in [0.25, 0.3) is 0 Å². The standard InChI is InChI=1S/C15H13FN2O3S/c1-18(12-5-3-4-11(8-12)10-17)22(19,20)13-6-7-14(16)15(9-13)21-2/h3-9H,1-2H3.